The van der Waals surface area contributed by atoms with Crippen LogP contribution in [0.15, 0.2) is 121 Å². The number of aliphatic hydroxyl groups excluding tert-OH is 1. The monoisotopic (exact) mass is 586 g/mol. The van der Waals surface area contributed by atoms with Crippen LogP contribution in [0.1, 0.15) is 22.3 Å². The molecule has 4 aromatic carbocycles. The van der Waals surface area contributed by atoms with Crippen LogP contribution >= 0.6 is 0 Å². The second-order valence-corrected chi connectivity index (χ2v) is 10.6. The molecule has 0 bridgehead atoms. The van der Waals surface area contributed by atoms with Crippen molar-refractivity contribution in [3.63, 3.8) is 0 Å². The molecule has 1 aliphatic heterocycles. The summed E-state index contributed by atoms with van der Waals surface area (Å²) in [7, 11) is 0. The summed E-state index contributed by atoms with van der Waals surface area (Å²) in [6.07, 6.45) is -5.72. The Labute approximate surface area is 253 Å². The molecule has 1 fully saturated rings. The zero-order valence-corrected chi connectivity index (χ0v) is 24.1. The van der Waals surface area contributed by atoms with Gasteiger partial charge in [-0.25, -0.2) is 4.39 Å². The first-order valence-corrected chi connectivity index (χ1v) is 14.7. The average molecular weight is 587 g/mol. The molecule has 0 aliphatic carbocycles. The Hall–Kier alpha value is -3.43. The maximum atomic E-state index is 15.5. The van der Waals surface area contributed by atoms with Crippen LogP contribution in [0.2, 0.25) is 0 Å². The number of hydrogen-bond donors (Lipinski definition) is 1. The lowest BCUT2D eigenvalue weighted by atomic mass is 9.92. The van der Waals surface area contributed by atoms with Crippen LogP contribution < -0.4 is 0 Å². The quantitative estimate of drug-likeness (QED) is 0.183. The van der Waals surface area contributed by atoms with Crippen molar-refractivity contribution in [3.8, 4) is 0 Å². The van der Waals surface area contributed by atoms with Crippen LogP contribution in [0.4, 0.5) is 4.39 Å². The Kier molecular flexibility index (Phi) is 11.8. The summed E-state index contributed by atoms with van der Waals surface area (Å²) in [6, 6.07) is 39.1. The molecular weight excluding hydrogens is 547 g/mol. The molecule has 0 radical (unpaired) electrons. The minimum atomic E-state index is -1.70. The molecule has 0 saturated carbocycles. The Morgan fingerprint density at radius 1 is 0.558 bits per heavy atom. The maximum Gasteiger partial charge on any atom is 0.152 e. The smallest absolute Gasteiger partial charge is 0.152 e. The molecule has 0 unspecified atom stereocenters. The Bertz CT molecular complexity index is 1310. The van der Waals surface area contributed by atoms with E-state index in [2.05, 4.69) is 0 Å². The number of benzene rings is 4. The number of alkyl halides is 1. The van der Waals surface area contributed by atoms with Crippen molar-refractivity contribution in [1.82, 2.24) is 0 Å². The number of ether oxygens (including phenoxy) is 5. The fraction of sp³-hybridized carbons (Fsp3) is 0.333. The van der Waals surface area contributed by atoms with Crippen LogP contribution in [-0.4, -0.2) is 55.0 Å². The summed E-state index contributed by atoms with van der Waals surface area (Å²) in [5.41, 5.74) is 3.88. The van der Waals surface area contributed by atoms with Crippen LogP contribution in [0.25, 0.3) is 0 Å². The Morgan fingerprint density at radius 2 is 0.953 bits per heavy atom. The summed E-state index contributed by atoms with van der Waals surface area (Å²) < 4.78 is 47.4. The second-order valence-electron chi connectivity index (χ2n) is 10.6. The highest BCUT2D eigenvalue weighted by atomic mass is 19.1. The summed E-state index contributed by atoms with van der Waals surface area (Å²) >= 11 is 0. The van der Waals surface area contributed by atoms with E-state index in [9.17, 15) is 5.11 Å². The molecular formula is C36H39FO6. The van der Waals surface area contributed by atoms with E-state index in [0.29, 0.717) is 13.2 Å². The van der Waals surface area contributed by atoms with E-state index in [1.807, 2.05) is 121 Å². The van der Waals surface area contributed by atoms with Crippen molar-refractivity contribution < 1.29 is 33.2 Å². The van der Waals surface area contributed by atoms with Gasteiger partial charge in [0.15, 0.2) is 6.17 Å². The molecule has 6 nitrogen and oxygen atoms in total. The van der Waals surface area contributed by atoms with Crippen LogP contribution in [-0.2, 0) is 50.1 Å². The van der Waals surface area contributed by atoms with Crippen molar-refractivity contribution in [1.29, 1.82) is 0 Å². The lowest BCUT2D eigenvalue weighted by Crippen LogP contribution is -2.63. The SMILES string of the molecule is OC[C@@H](F)[C@H]1O[C@H](COCc2ccccc2)[C@H](OCc2ccccc2)[C@H](OCc2ccccc2)[C@H]1OCc1ccccc1. The first-order chi connectivity index (χ1) is 21.2. The van der Waals surface area contributed by atoms with Crippen molar-refractivity contribution in [3.05, 3.63) is 144 Å². The molecule has 0 amide bonds. The fourth-order valence-electron chi connectivity index (χ4n) is 5.22. The number of hydrogen-bond acceptors (Lipinski definition) is 6. The lowest BCUT2D eigenvalue weighted by Gasteiger charge is -2.47. The summed E-state index contributed by atoms with van der Waals surface area (Å²) in [6.45, 7) is 0.565. The fourth-order valence-corrected chi connectivity index (χ4v) is 5.22. The molecule has 5 rings (SSSR count). The van der Waals surface area contributed by atoms with Gasteiger partial charge in [-0.1, -0.05) is 121 Å². The van der Waals surface area contributed by atoms with E-state index in [1.165, 1.54) is 0 Å². The standard InChI is InChI=1S/C36H39FO6/c37-31(21-38)33-35(41-24-29-17-9-3-10-18-29)36(42-25-30-19-11-4-12-20-30)34(40-23-28-15-7-2-8-16-28)32(43-33)26-39-22-27-13-5-1-6-14-27/h1-20,31-36,38H,21-26H2/t31-,32-,33-,34+,35+,36+/m1/s1. The van der Waals surface area contributed by atoms with Gasteiger partial charge in [-0.2, -0.15) is 0 Å². The highest BCUT2D eigenvalue weighted by molar-refractivity contribution is 5.16. The van der Waals surface area contributed by atoms with Crippen molar-refractivity contribution in [2.75, 3.05) is 13.2 Å². The predicted molar refractivity (Wildman–Crippen MR) is 162 cm³/mol. The highest BCUT2D eigenvalue weighted by Gasteiger charge is 2.51. The molecule has 4 aromatic rings. The molecule has 43 heavy (non-hydrogen) atoms. The van der Waals surface area contributed by atoms with Gasteiger partial charge in [0.05, 0.1) is 39.6 Å². The van der Waals surface area contributed by atoms with Gasteiger partial charge >= 0.3 is 0 Å². The number of rotatable bonds is 15. The van der Waals surface area contributed by atoms with Gasteiger partial charge in [-0.05, 0) is 22.3 Å². The maximum absolute atomic E-state index is 15.5. The zero-order valence-electron chi connectivity index (χ0n) is 24.1. The minimum Gasteiger partial charge on any atom is -0.393 e. The minimum absolute atomic E-state index is 0.138. The molecule has 1 aliphatic rings. The highest BCUT2D eigenvalue weighted by Crippen LogP contribution is 2.33. The number of aliphatic hydroxyl groups is 1. The van der Waals surface area contributed by atoms with Crippen LogP contribution in [0, 0.1) is 0 Å². The third-order valence-corrected chi connectivity index (χ3v) is 7.45. The van der Waals surface area contributed by atoms with Gasteiger partial charge in [0.1, 0.15) is 30.5 Å². The molecule has 1 heterocycles. The van der Waals surface area contributed by atoms with E-state index < -0.39 is 43.3 Å². The molecule has 226 valence electrons. The van der Waals surface area contributed by atoms with Crippen LogP contribution in [0.3, 0.4) is 0 Å². The van der Waals surface area contributed by atoms with Gasteiger partial charge in [-0.3, -0.25) is 0 Å². The molecule has 1 N–H and O–H groups in total. The molecule has 0 aromatic heterocycles. The van der Waals surface area contributed by atoms with Crippen LogP contribution in [0.5, 0.6) is 0 Å². The largest absolute Gasteiger partial charge is 0.393 e. The van der Waals surface area contributed by atoms with Gasteiger partial charge < -0.3 is 28.8 Å². The molecule has 0 spiro atoms. The predicted octanol–water partition coefficient (Wildman–Crippen LogP) is 6.06. The number of halogens is 1. The van der Waals surface area contributed by atoms with Gasteiger partial charge in [0, 0.05) is 0 Å². The molecule has 1 saturated heterocycles. The van der Waals surface area contributed by atoms with E-state index >= 15 is 4.39 Å². The van der Waals surface area contributed by atoms with Gasteiger partial charge in [0.2, 0.25) is 0 Å². The second kappa shape index (κ2) is 16.4. The normalized spacial score (nSPS) is 22.7. The van der Waals surface area contributed by atoms with E-state index in [-0.39, 0.29) is 19.8 Å². The summed E-state index contributed by atoms with van der Waals surface area (Å²) in [5.74, 6) is 0. The molecule has 7 heteroatoms. The lowest BCUT2D eigenvalue weighted by molar-refractivity contribution is -0.283. The third kappa shape index (κ3) is 9.03. The van der Waals surface area contributed by atoms with Gasteiger partial charge in [0.25, 0.3) is 0 Å². The van der Waals surface area contributed by atoms with Crippen molar-refractivity contribution in [2.45, 2.75) is 63.1 Å². The molecule has 6 atom stereocenters. The first kappa shape index (κ1) is 31.0. The van der Waals surface area contributed by atoms with Crippen molar-refractivity contribution >= 4 is 0 Å². The zero-order chi connectivity index (χ0) is 29.7. The topological polar surface area (TPSA) is 66.4 Å². The van der Waals surface area contributed by atoms with E-state index in [4.69, 9.17) is 23.7 Å². The van der Waals surface area contributed by atoms with E-state index in [1.54, 1.807) is 0 Å². The average Bonchev–Trinajstić information content (AvgIpc) is 3.07. The third-order valence-electron chi connectivity index (χ3n) is 7.45. The summed E-state index contributed by atoms with van der Waals surface area (Å²) in [4.78, 5) is 0. The summed E-state index contributed by atoms with van der Waals surface area (Å²) in [5, 5.41) is 9.90. The van der Waals surface area contributed by atoms with Crippen molar-refractivity contribution in [2.24, 2.45) is 0 Å². The van der Waals surface area contributed by atoms with Gasteiger partial charge in [-0.15, -0.1) is 0 Å². The first-order valence-electron chi connectivity index (χ1n) is 14.7. The Morgan fingerprint density at radius 3 is 1.40 bits per heavy atom. The Balaban J connectivity index is 1.43. The van der Waals surface area contributed by atoms with E-state index in [0.717, 1.165) is 22.3 Å².